The van der Waals surface area contributed by atoms with Crippen molar-refractivity contribution in [3.63, 3.8) is 0 Å². The lowest BCUT2D eigenvalue weighted by Crippen LogP contribution is -1.90. The summed E-state index contributed by atoms with van der Waals surface area (Å²) in [5.74, 6) is 0.635. The Morgan fingerprint density at radius 1 is 0.900 bits per heavy atom. The lowest BCUT2D eigenvalue weighted by molar-refractivity contribution is 1.10. The molecular formula is C21H14N8S. The molecule has 4 N–H and O–H groups in total. The minimum atomic E-state index is 0.590. The van der Waals surface area contributed by atoms with Crippen molar-refractivity contribution in [1.29, 1.82) is 0 Å². The molecule has 0 atom stereocenters. The Kier molecular flexibility index (Phi) is 3.62. The molecule has 0 aromatic carbocycles. The average molecular weight is 410 g/mol. The molecule has 0 saturated heterocycles. The maximum atomic E-state index is 5.88. The molecule has 0 spiro atoms. The smallest absolute Gasteiger partial charge is 0.161 e. The highest BCUT2D eigenvalue weighted by Crippen LogP contribution is 2.31. The second-order valence-electron chi connectivity index (χ2n) is 6.82. The zero-order chi connectivity index (χ0) is 20.1. The van der Waals surface area contributed by atoms with E-state index in [1.807, 2.05) is 35.7 Å². The van der Waals surface area contributed by atoms with Gasteiger partial charge in [0.15, 0.2) is 11.5 Å². The molecule has 0 aliphatic heterocycles. The van der Waals surface area contributed by atoms with Gasteiger partial charge in [0.05, 0.1) is 28.1 Å². The van der Waals surface area contributed by atoms with Crippen LogP contribution < -0.4 is 5.73 Å². The first kappa shape index (κ1) is 16.8. The van der Waals surface area contributed by atoms with E-state index in [0.717, 1.165) is 44.6 Å². The zero-order valence-corrected chi connectivity index (χ0v) is 16.3. The van der Waals surface area contributed by atoms with E-state index in [2.05, 4.69) is 30.5 Å². The minimum Gasteiger partial charge on any atom is -0.397 e. The van der Waals surface area contributed by atoms with Gasteiger partial charge in [0, 0.05) is 35.1 Å². The number of nitrogens with one attached hydrogen (secondary N) is 2. The number of hydrogen-bond donors (Lipinski definition) is 3. The Morgan fingerprint density at radius 3 is 2.70 bits per heavy atom. The van der Waals surface area contributed by atoms with Crippen molar-refractivity contribution in [2.24, 2.45) is 0 Å². The van der Waals surface area contributed by atoms with Crippen LogP contribution in [0, 0.1) is 0 Å². The first-order valence-corrected chi connectivity index (χ1v) is 10.1. The van der Waals surface area contributed by atoms with Gasteiger partial charge in [-0.2, -0.15) is 16.4 Å². The largest absolute Gasteiger partial charge is 0.397 e. The Balaban J connectivity index is 1.52. The predicted octanol–water partition coefficient (Wildman–Crippen LogP) is 4.27. The molecule has 6 aromatic heterocycles. The van der Waals surface area contributed by atoms with Gasteiger partial charge in [0.2, 0.25) is 0 Å². The second kappa shape index (κ2) is 6.46. The monoisotopic (exact) mass is 410 g/mol. The Labute approximate surface area is 173 Å². The van der Waals surface area contributed by atoms with Gasteiger partial charge >= 0.3 is 0 Å². The van der Waals surface area contributed by atoms with Gasteiger partial charge in [0.25, 0.3) is 0 Å². The normalized spacial score (nSPS) is 11.5. The number of nitrogens with zero attached hydrogens (tertiary/aromatic N) is 5. The number of hydrogen-bond acceptors (Lipinski definition) is 7. The SMILES string of the molecule is Nc1cncc(-c2ccc3[nH]nc(-c4nc5c(-c6ccsc6)nccc5[nH]4)c3n2)c1. The van der Waals surface area contributed by atoms with Crippen LogP contribution >= 0.6 is 11.3 Å². The van der Waals surface area contributed by atoms with E-state index >= 15 is 0 Å². The fourth-order valence-corrected chi connectivity index (χ4v) is 4.12. The highest BCUT2D eigenvalue weighted by molar-refractivity contribution is 7.08. The maximum Gasteiger partial charge on any atom is 0.161 e. The van der Waals surface area contributed by atoms with Crippen molar-refractivity contribution in [2.75, 3.05) is 5.73 Å². The third kappa shape index (κ3) is 2.64. The topological polar surface area (TPSA) is 122 Å². The standard InChI is InChI=1S/C21H14N8S/c22-13-7-12(8-23-9-13)14-1-2-16-19(25-14)20(29-28-16)21-26-15-3-5-24-17(18(15)27-21)11-4-6-30-10-11/h1-10H,22H2,(H,26,27)(H,28,29). The Hall–Kier alpha value is -4.11. The average Bonchev–Trinajstić information content (AvgIpc) is 3.51. The third-order valence-electron chi connectivity index (χ3n) is 4.88. The number of H-pyrrole nitrogens is 2. The quantitative estimate of drug-likeness (QED) is 0.400. The number of fused-ring (bicyclic) bond motifs is 2. The van der Waals surface area contributed by atoms with E-state index in [1.165, 1.54) is 0 Å². The van der Waals surface area contributed by atoms with Crippen molar-refractivity contribution in [3.05, 3.63) is 59.7 Å². The van der Waals surface area contributed by atoms with Gasteiger partial charge in [-0.3, -0.25) is 15.1 Å². The molecule has 144 valence electrons. The van der Waals surface area contributed by atoms with Crippen LogP contribution in [0.4, 0.5) is 5.69 Å². The molecule has 6 rings (SSSR count). The molecule has 9 heteroatoms. The van der Waals surface area contributed by atoms with Crippen LogP contribution in [-0.4, -0.2) is 35.1 Å². The molecule has 30 heavy (non-hydrogen) atoms. The van der Waals surface area contributed by atoms with Crippen molar-refractivity contribution in [1.82, 2.24) is 35.1 Å². The van der Waals surface area contributed by atoms with E-state index in [1.54, 1.807) is 29.9 Å². The highest BCUT2D eigenvalue weighted by atomic mass is 32.1. The van der Waals surface area contributed by atoms with Crippen LogP contribution in [0.2, 0.25) is 0 Å². The van der Waals surface area contributed by atoms with Crippen LogP contribution in [0.5, 0.6) is 0 Å². The summed E-state index contributed by atoms with van der Waals surface area (Å²) in [7, 11) is 0. The summed E-state index contributed by atoms with van der Waals surface area (Å²) < 4.78 is 0. The predicted molar refractivity (Wildman–Crippen MR) is 118 cm³/mol. The Morgan fingerprint density at radius 2 is 1.83 bits per heavy atom. The summed E-state index contributed by atoms with van der Waals surface area (Å²) >= 11 is 1.63. The number of rotatable bonds is 3. The number of imidazole rings is 1. The summed E-state index contributed by atoms with van der Waals surface area (Å²) in [6.07, 6.45) is 5.13. The maximum absolute atomic E-state index is 5.88. The van der Waals surface area contributed by atoms with E-state index in [4.69, 9.17) is 15.7 Å². The van der Waals surface area contributed by atoms with Gasteiger partial charge in [-0.05, 0) is 35.7 Å². The van der Waals surface area contributed by atoms with Crippen molar-refractivity contribution < 1.29 is 0 Å². The summed E-state index contributed by atoms with van der Waals surface area (Å²) in [4.78, 5) is 21.7. The van der Waals surface area contributed by atoms with Gasteiger partial charge in [-0.1, -0.05) is 0 Å². The number of nitrogen functional groups attached to an aromatic ring is 1. The molecule has 0 aliphatic carbocycles. The molecule has 0 aliphatic rings. The van der Waals surface area contributed by atoms with Crippen LogP contribution in [0.1, 0.15) is 0 Å². The first-order valence-electron chi connectivity index (χ1n) is 9.20. The lowest BCUT2D eigenvalue weighted by atomic mass is 10.1. The fourth-order valence-electron chi connectivity index (χ4n) is 3.48. The third-order valence-corrected chi connectivity index (χ3v) is 5.57. The molecule has 0 fully saturated rings. The van der Waals surface area contributed by atoms with Crippen LogP contribution in [-0.2, 0) is 0 Å². The summed E-state index contributed by atoms with van der Waals surface area (Å²) in [6, 6.07) is 9.66. The number of pyridine rings is 3. The molecule has 0 radical (unpaired) electrons. The first-order chi connectivity index (χ1) is 14.8. The zero-order valence-electron chi connectivity index (χ0n) is 15.5. The van der Waals surface area contributed by atoms with Crippen LogP contribution in [0.3, 0.4) is 0 Å². The molecule has 8 nitrogen and oxygen atoms in total. The van der Waals surface area contributed by atoms with Crippen molar-refractivity contribution in [3.8, 4) is 34.0 Å². The molecule has 6 heterocycles. The van der Waals surface area contributed by atoms with Crippen LogP contribution in [0.25, 0.3) is 56.1 Å². The summed E-state index contributed by atoms with van der Waals surface area (Å²) in [5.41, 5.74) is 13.9. The molecule has 0 bridgehead atoms. The van der Waals surface area contributed by atoms with Crippen molar-refractivity contribution in [2.45, 2.75) is 0 Å². The molecule has 6 aromatic rings. The van der Waals surface area contributed by atoms with E-state index in [9.17, 15) is 0 Å². The summed E-state index contributed by atoms with van der Waals surface area (Å²) in [5, 5.41) is 11.6. The van der Waals surface area contributed by atoms with Crippen molar-refractivity contribution >= 4 is 39.1 Å². The highest BCUT2D eigenvalue weighted by Gasteiger charge is 2.17. The molecular weight excluding hydrogens is 396 g/mol. The van der Waals surface area contributed by atoms with Gasteiger partial charge in [-0.15, -0.1) is 0 Å². The number of thiophene rings is 1. The summed E-state index contributed by atoms with van der Waals surface area (Å²) in [6.45, 7) is 0. The minimum absolute atomic E-state index is 0.590. The number of aromatic amines is 2. The lowest BCUT2D eigenvalue weighted by Gasteiger charge is -2.02. The molecule has 0 amide bonds. The van der Waals surface area contributed by atoms with E-state index < -0.39 is 0 Å². The fraction of sp³-hybridized carbons (Fsp3) is 0. The van der Waals surface area contributed by atoms with Crippen LogP contribution in [0.15, 0.2) is 59.7 Å². The van der Waals surface area contributed by atoms with Gasteiger partial charge in [-0.25, -0.2) is 9.97 Å². The van der Waals surface area contributed by atoms with Gasteiger partial charge < -0.3 is 10.7 Å². The number of nitrogens with two attached hydrogens (primary N) is 1. The van der Waals surface area contributed by atoms with E-state index in [-0.39, 0.29) is 0 Å². The van der Waals surface area contributed by atoms with E-state index in [0.29, 0.717) is 17.2 Å². The number of anilines is 1. The molecule has 0 saturated carbocycles. The second-order valence-corrected chi connectivity index (χ2v) is 7.61. The van der Waals surface area contributed by atoms with Gasteiger partial charge in [0.1, 0.15) is 11.0 Å². The molecule has 0 unspecified atom stereocenters. The number of aromatic nitrogens is 7. The Bertz CT molecular complexity index is 1510.